The lowest BCUT2D eigenvalue weighted by molar-refractivity contribution is -0.384. The number of hydrogen-bond acceptors (Lipinski definition) is 7. The van der Waals surface area contributed by atoms with Crippen LogP contribution in [-0.2, 0) is 9.53 Å². The van der Waals surface area contributed by atoms with Gasteiger partial charge < -0.3 is 15.2 Å². The van der Waals surface area contributed by atoms with Crippen LogP contribution in [0.5, 0.6) is 0 Å². The molecular weight excluding hydrogens is 455 g/mol. The van der Waals surface area contributed by atoms with E-state index in [9.17, 15) is 19.7 Å². The van der Waals surface area contributed by atoms with E-state index < -0.39 is 22.4 Å². The fourth-order valence-electron chi connectivity index (χ4n) is 1.68. The Labute approximate surface area is 156 Å². The van der Waals surface area contributed by atoms with Gasteiger partial charge in [0.2, 0.25) is 5.78 Å². The third kappa shape index (κ3) is 5.14. The van der Waals surface area contributed by atoms with Crippen LogP contribution in [0.4, 0.5) is 5.69 Å². The second-order valence-corrected chi connectivity index (χ2v) is 5.95. The Morgan fingerprint density at radius 3 is 2.71 bits per heavy atom. The number of carbonyl (C=O) groups excluding carboxylic acids is 2. The first-order chi connectivity index (χ1) is 11.3. The number of rotatable bonds is 8. The number of nitrogens with zero attached hydrogens (tertiary/aromatic N) is 1. The van der Waals surface area contributed by atoms with Crippen molar-refractivity contribution in [3.63, 3.8) is 0 Å². The van der Waals surface area contributed by atoms with Gasteiger partial charge in [-0.05, 0) is 35.6 Å². The number of esters is 1. The summed E-state index contributed by atoms with van der Waals surface area (Å²) in [7, 11) is 0. The van der Waals surface area contributed by atoms with Crippen LogP contribution in [0.2, 0.25) is 5.02 Å². The SMILES string of the molecule is CCOC(=O)C(=CNCCO)C(=O)c1cc(I)cc([N+](=O)[O-])c1Cl. The molecule has 0 unspecified atom stereocenters. The Bertz CT molecular complexity index is 692. The molecule has 0 aliphatic heterocycles. The minimum Gasteiger partial charge on any atom is -0.462 e. The Balaban J connectivity index is 3.35. The number of hydrogen-bond donors (Lipinski definition) is 2. The summed E-state index contributed by atoms with van der Waals surface area (Å²) in [5.41, 5.74) is -0.984. The third-order valence-corrected chi connectivity index (χ3v) is 3.72. The van der Waals surface area contributed by atoms with Crippen molar-refractivity contribution < 1.29 is 24.4 Å². The number of ether oxygens (including phenoxy) is 1. The minimum absolute atomic E-state index is 0.0453. The van der Waals surface area contributed by atoms with Crippen LogP contribution >= 0.6 is 34.2 Å². The number of aliphatic hydroxyl groups excluding tert-OH is 1. The van der Waals surface area contributed by atoms with Crippen LogP contribution in [0, 0.1) is 13.7 Å². The van der Waals surface area contributed by atoms with Crippen molar-refractivity contribution in [1.29, 1.82) is 0 Å². The molecule has 0 amide bonds. The summed E-state index contributed by atoms with van der Waals surface area (Å²) in [5, 5.41) is 22.0. The highest BCUT2D eigenvalue weighted by atomic mass is 127. The van der Waals surface area contributed by atoms with Crippen molar-refractivity contribution in [2.24, 2.45) is 0 Å². The lowest BCUT2D eigenvalue weighted by Crippen LogP contribution is -2.21. The predicted molar refractivity (Wildman–Crippen MR) is 95.0 cm³/mol. The summed E-state index contributed by atoms with van der Waals surface area (Å²) in [6, 6.07) is 2.56. The molecule has 1 rings (SSSR count). The van der Waals surface area contributed by atoms with Crippen LogP contribution in [0.1, 0.15) is 17.3 Å². The van der Waals surface area contributed by atoms with E-state index in [1.54, 1.807) is 29.5 Å². The van der Waals surface area contributed by atoms with Crippen LogP contribution < -0.4 is 5.32 Å². The normalized spacial score (nSPS) is 11.1. The van der Waals surface area contributed by atoms with Crippen LogP contribution in [0.3, 0.4) is 0 Å². The molecule has 0 saturated heterocycles. The number of nitrogens with one attached hydrogen (secondary N) is 1. The lowest BCUT2D eigenvalue weighted by atomic mass is 10.0. The Kier molecular flexibility index (Phi) is 8.08. The maximum Gasteiger partial charge on any atom is 0.343 e. The van der Waals surface area contributed by atoms with Gasteiger partial charge in [-0.15, -0.1) is 0 Å². The van der Waals surface area contributed by atoms with Crippen LogP contribution in [-0.4, -0.2) is 41.5 Å². The molecule has 0 atom stereocenters. The van der Waals surface area contributed by atoms with E-state index in [2.05, 4.69) is 5.32 Å². The van der Waals surface area contributed by atoms with Gasteiger partial charge in [-0.2, -0.15) is 0 Å². The number of carbonyl (C=O) groups is 2. The third-order valence-electron chi connectivity index (χ3n) is 2.70. The number of benzene rings is 1. The van der Waals surface area contributed by atoms with Gasteiger partial charge in [-0.25, -0.2) is 4.79 Å². The first-order valence-electron chi connectivity index (χ1n) is 6.73. The molecule has 0 spiro atoms. The van der Waals surface area contributed by atoms with Crippen molar-refractivity contribution in [3.05, 3.63) is 48.2 Å². The summed E-state index contributed by atoms with van der Waals surface area (Å²) < 4.78 is 5.23. The number of halogens is 2. The first kappa shape index (κ1) is 20.3. The monoisotopic (exact) mass is 468 g/mol. The molecule has 0 fully saturated rings. The van der Waals surface area contributed by atoms with Gasteiger partial charge in [0.05, 0.1) is 18.1 Å². The summed E-state index contributed by atoms with van der Waals surface area (Å²) in [6.45, 7) is 1.51. The van der Waals surface area contributed by atoms with Crippen molar-refractivity contribution in [1.82, 2.24) is 5.32 Å². The molecule has 0 aromatic heterocycles. The number of nitro benzene ring substituents is 1. The fraction of sp³-hybridized carbons (Fsp3) is 0.286. The second-order valence-electron chi connectivity index (χ2n) is 4.33. The average molecular weight is 469 g/mol. The van der Waals surface area contributed by atoms with Gasteiger partial charge in [0.1, 0.15) is 10.6 Å². The van der Waals surface area contributed by atoms with Crippen molar-refractivity contribution >= 4 is 51.6 Å². The first-order valence-corrected chi connectivity index (χ1v) is 8.18. The van der Waals surface area contributed by atoms with E-state index in [0.717, 1.165) is 6.20 Å². The number of ketones is 1. The van der Waals surface area contributed by atoms with E-state index in [0.29, 0.717) is 3.57 Å². The summed E-state index contributed by atoms with van der Waals surface area (Å²) in [6.07, 6.45) is 1.10. The summed E-state index contributed by atoms with van der Waals surface area (Å²) in [4.78, 5) is 34.9. The topological polar surface area (TPSA) is 119 Å². The molecule has 0 heterocycles. The Morgan fingerprint density at radius 2 is 2.17 bits per heavy atom. The zero-order valence-corrected chi connectivity index (χ0v) is 15.5. The molecule has 24 heavy (non-hydrogen) atoms. The smallest absolute Gasteiger partial charge is 0.343 e. The van der Waals surface area contributed by atoms with Gasteiger partial charge in [0.15, 0.2) is 0 Å². The van der Waals surface area contributed by atoms with Gasteiger partial charge in [-0.3, -0.25) is 14.9 Å². The minimum atomic E-state index is -0.898. The number of nitro groups is 1. The molecule has 1 aromatic rings. The van der Waals surface area contributed by atoms with Gasteiger partial charge in [0, 0.05) is 27.9 Å². The maximum absolute atomic E-state index is 12.6. The molecule has 0 aliphatic carbocycles. The second kappa shape index (κ2) is 9.55. The zero-order valence-electron chi connectivity index (χ0n) is 12.5. The van der Waals surface area contributed by atoms with Crippen LogP contribution in [0.15, 0.2) is 23.9 Å². The zero-order chi connectivity index (χ0) is 18.3. The van der Waals surface area contributed by atoms with E-state index >= 15 is 0 Å². The van der Waals surface area contributed by atoms with Crippen molar-refractivity contribution in [2.75, 3.05) is 19.8 Å². The standard InChI is InChI=1S/C14H14ClIN2O6/c1-2-24-14(21)10(7-17-3-4-19)13(20)9-5-8(16)6-11(12(9)15)18(22)23/h5-7,17,19H,2-4H2,1H3. The van der Waals surface area contributed by atoms with Gasteiger partial charge in [0.25, 0.3) is 5.69 Å². The van der Waals surface area contributed by atoms with Gasteiger partial charge >= 0.3 is 5.97 Å². The average Bonchev–Trinajstić information content (AvgIpc) is 2.52. The molecule has 1 aromatic carbocycles. The fourth-order valence-corrected chi connectivity index (χ4v) is 2.55. The Hall–Kier alpha value is -1.72. The molecule has 0 aliphatic rings. The molecule has 0 radical (unpaired) electrons. The molecule has 0 saturated carbocycles. The van der Waals surface area contributed by atoms with E-state index in [-0.39, 0.29) is 35.9 Å². The molecule has 8 nitrogen and oxygen atoms in total. The van der Waals surface area contributed by atoms with Crippen molar-refractivity contribution in [2.45, 2.75) is 6.92 Å². The predicted octanol–water partition coefficient (Wildman–Crippen LogP) is 2.06. The van der Waals surface area contributed by atoms with Crippen LogP contribution in [0.25, 0.3) is 0 Å². The highest BCUT2D eigenvalue weighted by Gasteiger charge is 2.27. The van der Waals surface area contributed by atoms with Gasteiger partial charge in [-0.1, -0.05) is 11.6 Å². The van der Waals surface area contributed by atoms with Crippen molar-refractivity contribution in [3.8, 4) is 0 Å². The highest BCUT2D eigenvalue weighted by Crippen LogP contribution is 2.32. The highest BCUT2D eigenvalue weighted by molar-refractivity contribution is 14.1. The lowest BCUT2D eigenvalue weighted by Gasteiger charge is -2.09. The van der Waals surface area contributed by atoms with E-state index in [1.165, 1.54) is 12.1 Å². The molecule has 130 valence electrons. The molecular formula is C14H14ClIN2O6. The molecule has 0 bridgehead atoms. The molecule has 2 N–H and O–H groups in total. The summed E-state index contributed by atoms with van der Waals surface area (Å²) in [5.74, 6) is -1.71. The quantitative estimate of drug-likeness (QED) is 0.0690. The van der Waals surface area contributed by atoms with E-state index in [1.807, 2.05) is 0 Å². The number of aliphatic hydroxyl groups is 1. The largest absolute Gasteiger partial charge is 0.462 e. The number of Topliss-reactive ketones (excluding diaryl/α,β-unsaturated/α-hetero) is 1. The molecule has 10 heteroatoms. The summed E-state index contributed by atoms with van der Waals surface area (Å²) >= 11 is 7.76. The Morgan fingerprint density at radius 1 is 1.50 bits per heavy atom. The maximum atomic E-state index is 12.6. The van der Waals surface area contributed by atoms with E-state index in [4.69, 9.17) is 21.4 Å².